The molecule has 0 aliphatic heterocycles. The molecular weight excluding hydrogens is 474 g/mol. The van der Waals surface area contributed by atoms with Crippen molar-refractivity contribution in [2.75, 3.05) is 6.61 Å². The van der Waals surface area contributed by atoms with Crippen LogP contribution in [0.1, 0.15) is 82.3 Å². The Kier molecular flexibility index (Phi) is 8.90. The van der Waals surface area contributed by atoms with Gasteiger partial charge in [-0.2, -0.15) is 0 Å². The van der Waals surface area contributed by atoms with Gasteiger partial charge in [-0.1, -0.05) is 97.6 Å². The van der Waals surface area contributed by atoms with E-state index >= 15 is 0 Å². The van der Waals surface area contributed by atoms with Gasteiger partial charge in [0, 0.05) is 5.56 Å². The first kappa shape index (κ1) is 25.6. The zero-order chi connectivity index (χ0) is 25.3. The van der Waals surface area contributed by atoms with Crippen LogP contribution in [0.15, 0.2) is 78.9 Å². The molecule has 4 rings (SSSR count). The van der Waals surface area contributed by atoms with Crippen LogP contribution < -0.4 is 5.32 Å². The van der Waals surface area contributed by atoms with E-state index in [4.69, 9.17) is 16.3 Å². The van der Waals surface area contributed by atoms with Crippen molar-refractivity contribution in [3.05, 3.63) is 106 Å². The standard InChI is InChI=1S/C30H30ClNO4/c31-26-14-8-7-13-25(26)30(35)32-27(23-11-5-2-6-12-23)19-29(34)36-20-28(33)24-17-15-22(16-18-24)21-9-3-1-4-10-21/h2,5-8,11-18,21,27H,1,3-4,9-10,19-20H2,(H,32,35)/t27-/m1/s1. The second-order valence-corrected chi connectivity index (χ2v) is 9.57. The summed E-state index contributed by atoms with van der Waals surface area (Å²) in [5.74, 6) is -0.654. The van der Waals surface area contributed by atoms with Crippen LogP contribution in [0.5, 0.6) is 0 Å². The number of amides is 1. The fourth-order valence-electron chi connectivity index (χ4n) is 4.65. The van der Waals surface area contributed by atoms with Crippen LogP contribution in [-0.4, -0.2) is 24.3 Å². The highest BCUT2D eigenvalue weighted by molar-refractivity contribution is 6.33. The molecule has 0 unspecified atom stereocenters. The third-order valence-electron chi connectivity index (χ3n) is 6.67. The smallest absolute Gasteiger partial charge is 0.308 e. The molecule has 0 bridgehead atoms. The van der Waals surface area contributed by atoms with Gasteiger partial charge in [0.1, 0.15) is 0 Å². The van der Waals surface area contributed by atoms with E-state index in [-0.39, 0.29) is 18.8 Å². The van der Waals surface area contributed by atoms with E-state index in [0.29, 0.717) is 22.1 Å². The molecule has 36 heavy (non-hydrogen) atoms. The summed E-state index contributed by atoms with van der Waals surface area (Å²) in [5.41, 5.74) is 2.86. The number of halogens is 1. The first-order valence-electron chi connectivity index (χ1n) is 12.4. The number of rotatable bonds is 9. The lowest BCUT2D eigenvalue weighted by Gasteiger charge is -2.22. The maximum absolute atomic E-state index is 12.8. The highest BCUT2D eigenvalue weighted by Crippen LogP contribution is 2.32. The Morgan fingerprint density at radius 2 is 1.53 bits per heavy atom. The summed E-state index contributed by atoms with van der Waals surface area (Å²) in [6, 6.07) is 22.9. The van der Waals surface area contributed by atoms with Crippen molar-refractivity contribution in [3.63, 3.8) is 0 Å². The number of ketones is 1. The van der Waals surface area contributed by atoms with Gasteiger partial charge in [0.25, 0.3) is 5.91 Å². The molecule has 186 valence electrons. The molecule has 1 N–H and O–H groups in total. The van der Waals surface area contributed by atoms with Gasteiger partial charge in [0.05, 0.1) is 23.0 Å². The molecule has 1 aliphatic carbocycles. The summed E-state index contributed by atoms with van der Waals surface area (Å²) in [7, 11) is 0. The Morgan fingerprint density at radius 3 is 2.22 bits per heavy atom. The SMILES string of the molecule is O=C(C[C@@H](NC(=O)c1ccccc1Cl)c1ccccc1)OCC(=O)c1ccc(C2CCCCC2)cc1. The zero-order valence-corrected chi connectivity index (χ0v) is 20.9. The summed E-state index contributed by atoms with van der Waals surface area (Å²) in [4.78, 5) is 38.1. The van der Waals surface area contributed by atoms with Crippen LogP contribution in [0.3, 0.4) is 0 Å². The topological polar surface area (TPSA) is 72.5 Å². The number of hydrogen-bond donors (Lipinski definition) is 1. The fourth-order valence-corrected chi connectivity index (χ4v) is 4.87. The van der Waals surface area contributed by atoms with Gasteiger partial charge in [0.2, 0.25) is 0 Å². The number of Topliss-reactive ketones (excluding diaryl/α,β-unsaturated/α-hetero) is 1. The van der Waals surface area contributed by atoms with E-state index in [0.717, 1.165) is 5.56 Å². The number of ether oxygens (including phenoxy) is 1. The number of carbonyl (C=O) groups is 3. The molecule has 1 atom stereocenters. The Labute approximate surface area is 216 Å². The second kappa shape index (κ2) is 12.5. The fraction of sp³-hybridized carbons (Fsp3) is 0.300. The maximum atomic E-state index is 12.8. The summed E-state index contributed by atoms with van der Waals surface area (Å²) in [6.07, 6.45) is 6.08. The van der Waals surface area contributed by atoms with Crippen LogP contribution in [0.4, 0.5) is 0 Å². The van der Waals surface area contributed by atoms with Gasteiger partial charge in [-0.05, 0) is 42.0 Å². The largest absolute Gasteiger partial charge is 0.457 e. The molecule has 0 aromatic heterocycles. The number of carbonyl (C=O) groups excluding carboxylic acids is 3. The lowest BCUT2D eigenvalue weighted by atomic mass is 9.84. The average Bonchev–Trinajstić information content (AvgIpc) is 2.92. The van der Waals surface area contributed by atoms with Crippen molar-refractivity contribution in [2.24, 2.45) is 0 Å². The third-order valence-corrected chi connectivity index (χ3v) is 7.00. The zero-order valence-electron chi connectivity index (χ0n) is 20.1. The number of benzene rings is 3. The summed E-state index contributed by atoms with van der Waals surface area (Å²) < 4.78 is 5.30. The molecule has 0 heterocycles. The molecule has 0 spiro atoms. The predicted octanol–water partition coefficient (Wildman–Crippen LogP) is 6.68. The summed E-state index contributed by atoms with van der Waals surface area (Å²) >= 11 is 6.16. The summed E-state index contributed by atoms with van der Waals surface area (Å²) in [6.45, 7) is -0.346. The van der Waals surface area contributed by atoms with E-state index in [1.165, 1.54) is 37.7 Å². The van der Waals surface area contributed by atoms with Gasteiger partial charge in [-0.25, -0.2) is 0 Å². The van der Waals surface area contributed by atoms with Gasteiger partial charge in [0.15, 0.2) is 12.4 Å². The molecule has 1 saturated carbocycles. The van der Waals surface area contributed by atoms with E-state index in [1.54, 1.807) is 24.3 Å². The molecular formula is C30H30ClNO4. The minimum absolute atomic E-state index is 0.117. The molecule has 1 fully saturated rings. The normalized spacial score (nSPS) is 14.6. The number of nitrogens with one attached hydrogen (secondary N) is 1. The predicted molar refractivity (Wildman–Crippen MR) is 140 cm³/mol. The highest BCUT2D eigenvalue weighted by atomic mass is 35.5. The van der Waals surface area contributed by atoms with Crippen molar-refractivity contribution < 1.29 is 19.1 Å². The van der Waals surface area contributed by atoms with Gasteiger partial charge < -0.3 is 10.1 Å². The van der Waals surface area contributed by atoms with E-state index in [2.05, 4.69) is 5.32 Å². The van der Waals surface area contributed by atoms with Crippen molar-refractivity contribution in [3.8, 4) is 0 Å². The summed E-state index contributed by atoms with van der Waals surface area (Å²) in [5, 5.41) is 3.19. The molecule has 6 heteroatoms. The van der Waals surface area contributed by atoms with Crippen LogP contribution >= 0.6 is 11.6 Å². The average molecular weight is 504 g/mol. The molecule has 3 aromatic carbocycles. The Balaban J connectivity index is 1.35. The van der Waals surface area contributed by atoms with Crippen molar-refractivity contribution in [2.45, 2.75) is 50.5 Å². The monoisotopic (exact) mass is 503 g/mol. The van der Waals surface area contributed by atoms with E-state index in [9.17, 15) is 14.4 Å². The number of esters is 1. The minimum atomic E-state index is -0.632. The van der Waals surface area contributed by atoms with Crippen LogP contribution in [0, 0.1) is 0 Å². The third kappa shape index (κ3) is 6.82. The van der Waals surface area contributed by atoms with Crippen LogP contribution in [-0.2, 0) is 9.53 Å². The first-order valence-corrected chi connectivity index (χ1v) is 12.8. The van der Waals surface area contributed by atoms with Crippen molar-refractivity contribution in [1.82, 2.24) is 5.32 Å². The Hall–Kier alpha value is -3.44. The molecule has 1 amide bonds. The maximum Gasteiger partial charge on any atom is 0.308 e. The molecule has 0 radical (unpaired) electrons. The van der Waals surface area contributed by atoms with E-state index in [1.807, 2.05) is 54.6 Å². The Morgan fingerprint density at radius 1 is 0.861 bits per heavy atom. The molecule has 0 saturated heterocycles. The van der Waals surface area contributed by atoms with Crippen molar-refractivity contribution in [1.29, 1.82) is 0 Å². The Bertz CT molecular complexity index is 1190. The number of hydrogen-bond acceptors (Lipinski definition) is 4. The van der Waals surface area contributed by atoms with Crippen LogP contribution in [0.2, 0.25) is 5.02 Å². The molecule has 3 aromatic rings. The van der Waals surface area contributed by atoms with Gasteiger partial charge >= 0.3 is 5.97 Å². The quantitative estimate of drug-likeness (QED) is 0.261. The second-order valence-electron chi connectivity index (χ2n) is 9.16. The lowest BCUT2D eigenvalue weighted by Crippen LogP contribution is -2.31. The van der Waals surface area contributed by atoms with Gasteiger partial charge in [-0.15, -0.1) is 0 Å². The minimum Gasteiger partial charge on any atom is -0.457 e. The first-order chi connectivity index (χ1) is 17.5. The highest BCUT2D eigenvalue weighted by Gasteiger charge is 2.22. The van der Waals surface area contributed by atoms with Crippen LogP contribution in [0.25, 0.3) is 0 Å². The van der Waals surface area contributed by atoms with E-state index < -0.39 is 17.9 Å². The lowest BCUT2D eigenvalue weighted by molar-refractivity contribution is -0.143. The van der Waals surface area contributed by atoms with Gasteiger partial charge in [-0.3, -0.25) is 14.4 Å². The molecule has 5 nitrogen and oxygen atoms in total. The molecule has 1 aliphatic rings. The van der Waals surface area contributed by atoms with Crippen molar-refractivity contribution >= 4 is 29.3 Å².